The average molecular weight is 248 g/mol. The Kier molecular flexibility index (Phi) is 4.69. The lowest BCUT2D eigenvalue weighted by Crippen LogP contribution is -2.41. The number of methoxy groups -OCH3 is 1. The van der Waals surface area contributed by atoms with E-state index in [0.29, 0.717) is 6.42 Å². The van der Waals surface area contributed by atoms with Crippen molar-refractivity contribution >= 4 is 25.3 Å². The van der Waals surface area contributed by atoms with E-state index >= 15 is 0 Å². The van der Waals surface area contributed by atoms with Gasteiger partial charge in [0.1, 0.15) is 0 Å². The second-order valence-electron chi connectivity index (χ2n) is 4.79. The highest BCUT2D eigenvalue weighted by Crippen LogP contribution is 2.13. The minimum Gasteiger partial charge on any atom is -0.469 e. The standard InChI is InChI=1S/C14H20O2Si/c1-5-12-6-8-13(9-7-12)17(3,4)11-10-14(15)16-2/h5-9H,1,10-11H2,2-4H3. The van der Waals surface area contributed by atoms with Gasteiger partial charge in [0.05, 0.1) is 15.2 Å². The molecule has 92 valence electrons. The summed E-state index contributed by atoms with van der Waals surface area (Å²) in [5.41, 5.74) is 1.13. The molecule has 0 unspecified atom stereocenters. The summed E-state index contributed by atoms with van der Waals surface area (Å²) in [5.74, 6) is -0.117. The Bertz CT molecular complexity index is 393. The third-order valence-electron chi connectivity index (χ3n) is 3.11. The highest BCUT2D eigenvalue weighted by Gasteiger charge is 2.24. The molecular formula is C14H20O2Si. The normalized spacial score (nSPS) is 11.0. The Balaban J connectivity index is 2.74. The number of carbonyl (C=O) groups excluding carboxylic acids is 1. The molecule has 0 aliphatic carbocycles. The van der Waals surface area contributed by atoms with E-state index in [1.807, 2.05) is 6.08 Å². The first-order valence-electron chi connectivity index (χ1n) is 5.79. The molecule has 0 spiro atoms. The van der Waals surface area contributed by atoms with E-state index in [1.165, 1.54) is 12.3 Å². The Morgan fingerprint density at radius 2 is 1.94 bits per heavy atom. The van der Waals surface area contributed by atoms with Crippen LogP contribution in [-0.2, 0) is 9.53 Å². The van der Waals surface area contributed by atoms with Crippen LogP contribution in [-0.4, -0.2) is 21.2 Å². The quantitative estimate of drug-likeness (QED) is 0.591. The van der Waals surface area contributed by atoms with E-state index in [0.717, 1.165) is 11.6 Å². The van der Waals surface area contributed by atoms with Gasteiger partial charge in [-0.25, -0.2) is 0 Å². The van der Waals surface area contributed by atoms with Gasteiger partial charge in [0, 0.05) is 6.42 Å². The van der Waals surface area contributed by atoms with E-state index < -0.39 is 8.07 Å². The van der Waals surface area contributed by atoms with Crippen LogP contribution in [0.2, 0.25) is 19.1 Å². The zero-order valence-electron chi connectivity index (χ0n) is 10.8. The second kappa shape index (κ2) is 5.82. The number of hydrogen-bond donors (Lipinski definition) is 0. The van der Waals surface area contributed by atoms with Gasteiger partial charge in [0.2, 0.25) is 0 Å². The van der Waals surface area contributed by atoms with Gasteiger partial charge < -0.3 is 4.74 Å². The van der Waals surface area contributed by atoms with Crippen LogP contribution in [0.4, 0.5) is 0 Å². The van der Waals surface area contributed by atoms with Crippen molar-refractivity contribution in [2.45, 2.75) is 25.6 Å². The summed E-state index contributed by atoms with van der Waals surface area (Å²) in [4.78, 5) is 11.2. The summed E-state index contributed by atoms with van der Waals surface area (Å²) >= 11 is 0. The third kappa shape index (κ3) is 3.86. The Labute approximate surface area is 104 Å². The number of carbonyl (C=O) groups is 1. The van der Waals surface area contributed by atoms with Crippen LogP contribution in [0.25, 0.3) is 6.08 Å². The van der Waals surface area contributed by atoms with E-state index in [9.17, 15) is 4.79 Å². The number of rotatable bonds is 5. The molecule has 0 saturated carbocycles. The lowest BCUT2D eigenvalue weighted by atomic mass is 10.2. The van der Waals surface area contributed by atoms with Gasteiger partial charge >= 0.3 is 5.97 Å². The molecule has 0 saturated heterocycles. The average Bonchev–Trinajstić information content (AvgIpc) is 2.36. The highest BCUT2D eigenvalue weighted by atomic mass is 28.3. The van der Waals surface area contributed by atoms with Crippen molar-refractivity contribution in [1.82, 2.24) is 0 Å². The van der Waals surface area contributed by atoms with Crippen molar-refractivity contribution in [2.75, 3.05) is 7.11 Å². The number of esters is 1. The molecule has 0 amide bonds. The fraction of sp³-hybridized carbons (Fsp3) is 0.357. The van der Waals surface area contributed by atoms with Crippen molar-refractivity contribution < 1.29 is 9.53 Å². The van der Waals surface area contributed by atoms with E-state index in [-0.39, 0.29) is 5.97 Å². The molecule has 2 nitrogen and oxygen atoms in total. The molecule has 1 rings (SSSR count). The third-order valence-corrected chi connectivity index (χ3v) is 6.51. The Morgan fingerprint density at radius 3 is 2.41 bits per heavy atom. The molecular weight excluding hydrogens is 228 g/mol. The molecule has 0 radical (unpaired) electrons. The minimum absolute atomic E-state index is 0.117. The van der Waals surface area contributed by atoms with Crippen LogP contribution in [0.5, 0.6) is 0 Å². The van der Waals surface area contributed by atoms with Crippen molar-refractivity contribution in [3.63, 3.8) is 0 Å². The van der Waals surface area contributed by atoms with Gasteiger partial charge in [-0.15, -0.1) is 0 Å². The van der Waals surface area contributed by atoms with Crippen LogP contribution in [0.1, 0.15) is 12.0 Å². The van der Waals surface area contributed by atoms with Crippen molar-refractivity contribution in [3.8, 4) is 0 Å². The van der Waals surface area contributed by atoms with E-state index in [2.05, 4.69) is 48.7 Å². The molecule has 0 fully saturated rings. The molecule has 0 aliphatic rings. The molecule has 0 bridgehead atoms. The van der Waals surface area contributed by atoms with Crippen molar-refractivity contribution in [2.24, 2.45) is 0 Å². The first-order valence-corrected chi connectivity index (χ1v) is 9.00. The molecule has 0 N–H and O–H groups in total. The molecule has 17 heavy (non-hydrogen) atoms. The van der Waals surface area contributed by atoms with Gasteiger partial charge in [-0.1, -0.05) is 55.2 Å². The highest BCUT2D eigenvalue weighted by molar-refractivity contribution is 6.89. The van der Waals surface area contributed by atoms with Gasteiger partial charge in [-0.05, 0) is 11.6 Å². The molecule has 0 atom stereocenters. The maximum Gasteiger partial charge on any atom is 0.305 e. The first-order chi connectivity index (χ1) is 7.99. The van der Waals surface area contributed by atoms with Gasteiger partial charge in [0.25, 0.3) is 0 Å². The van der Waals surface area contributed by atoms with Crippen LogP contribution >= 0.6 is 0 Å². The molecule has 1 aromatic carbocycles. The first kappa shape index (κ1) is 13.7. The molecule has 0 aromatic heterocycles. The summed E-state index contributed by atoms with van der Waals surface area (Å²) in [7, 11) is -0.0890. The second-order valence-corrected chi connectivity index (χ2v) is 9.63. The molecule has 1 aromatic rings. The summed E-state index contributed by atoms with van der Waals surface area (Å²) in [5, 5.41) is 1.37. The SMILES string of the molecule is C=Cc1ccc([Si](C)(C)CCC(=O)OC)cc1. The fourth-order valence-electron chi connectivity index (χ4n) is 1.73. The smallest absolute Gasteiger partial charge is 0.305 e. The largest absolute Gasteiger partial charge is 0.469 e. The Morgan fingerprint density at radius 1 is 1.35 bits per heavy atom. The van der Waals surface area contributed by atoms with Crippen molar-refractivity contribution in [3.05, 3.63) is 36.4 Å². The number of benzene rings is 1. The predicted molar refractivity (Wildman–Crippen MR) is 75.1 cm³/mol. The van der Waals surface area contributed by atoms with Gasteiger partial charge in [0.15, 0.2) is 0 Å². The zero-order chi connectivity index (χ0) is 12.9. The van der Waals surface area contributed by atoms with Crippen LogP contribution < -0.4 is 5.19 Å². The maximum atomic E-state index is 11.2. The summed E-state index contributed by atoms with van der Waals surface area (Å²) < 4.78 is 4.69. The zero-order valence-corrected chi connectivity index (χ0v) is 11.8. The fourth-order valence-corrected chi connectivity index (χ4v) is 3.92. The predicted octanol–water partition coefficient (Wildman–Crippen LogP) is 2.81. The topological polar surface area (TPSA) is 26.3 Å². The van der Waals surface area contributed by atoms with E-state index in [4.69, 9.17) is 0 Å². The lowest BCUT2D eigenvalue weighted by Gasteiger charge is -2.22. The number of ether oxygens (including phenoxy) is 1. The summed E-state index contributed by atoms with van der Waals surface area (Å²) in [6.07, 6.45) is 2.35. The Hall–Kier alpha value is -1.35. The van der Waals surface area contributed by atoms with Crippen LogP contribution in [0, 0.1) is 0 Å². The summed E-state index contributed by atoms with van der Waals surface area (Å²) in [6, 6.07) is 9.39. The van der Waals surface area contributed by atoms with Crippen molar-refractivity contribution in [1.29, 1.82) is 0 Å². The van der Waals surface area contributed by atoms with Crippen LogP contribution in [0.15, 0.2) is 30.8 Å². The number of hydrogen-bond acceptors (Lipinski definition) is 2. The van der Waals surface area contributed by atoms with E-state index in [1.54, 1.807) is 0 Å². The lowest BCUT2D eigenvalue weighted by molar-refractivity contribution is -0.140. The molecule has 0 heterocycles. The van der Waals surface area contributed by atoms with Gasteiger partial charge in [-0.3, -0.25) is 4.79 Å². The van der Waals surface area contributed by atoms with Crippen LogP contribution in [0.3, 0.4) is 0 Å². The molecule has 3 heteroatoms. The minimum atomic E-state index is -1.53. The molecule has 0 aliphatic heterocycles. The monoisotopic (exact) mass is 248 g/mol. The van der Waals surface area contributed by atoms with Gasteiger partial charge in [-0.2, -0.15) is 0 Å². The maximum absolute atomic E-state index is 11.2. The summed E-state index contributed by atoms with van der Waals surface area (Å²) in [6.45, 7) is 8.30.